The molecule has 0 unspecified atom stereocenters. The summed E-state index contributed by atoms with van der Waals surface area (Å²) < 4.78 is 1.97. The van der Waals surface area contributed by atoms with Crippen molar-refractivity contribution in [3.63, 3.8) is 0 Å². The molecule has 0 aliphatic rings. The van der Waals surface area contributed by atoms with Crippen molar-refractivity contribution in [2.45, 2.75) is 31.7 Å². The first kappa shape index (κ1) is 12.9. The molecule has 0 bridgehead atoms. The van der Waals surface area contributed by atoms with E-state index in [0.717, 1.165) is 39.2 Å². The third-order valence-electron chi connectivity index (χ3n) is 3.07. The minimum absolute atomic E-state index is 0.752. The van der Waals surface area contributed by atoms with Gasteiger partial charge in [0.25, 0.3) is 0 Å². The van der Waals surface area contributed by atoms with E-state index in [-0.39, 0.29) is 0 Å². The van der Waals surface area contributed by atoms with Crippen molar-refractivity contribution in [2.24, 2.45) is 7.05 Å². The summed E-state index contributed by atoms with van der Waals surface area (Å²) in [5.41, 5.74) is 9.92. The van der Waals surface area contributed by atoms with Crippen molar-refractivity contribution in [1.82, 2.24) is 19.7 Å². The molecule has 0 aromatic carbocycles. The quantitative estimate of drug-likeness (QED) is 0.858. The molecule has 96 valence electrons. The van der Waals surface area contributed by atoms with Crippen LogP contribution in [0.15, 0.2) is 11.4 Å². The Morgan fingerprint density at radius 1 is 1.28 bits per heavy atom. The Morgan fingerprint density at radius 2 is 2.00 bits per heavy atom. The molecule has 18 heavy (non-hydrogen) atoms. The van der Waals surface area contributed by atoms with E-state index in [2.05, 4.69) is 15.2 Å². The number of thioether (sulfide) groups is 1. The lowest BCUT2D eigenvalue weighted by Gasteiger charge is -2.09. The van der Waals surface area contributed by atoms with Gasteiger partial charge < -0.3 is 10.3 Å². The van der Waals surface area contributed by atoms with Crippen molar-refractivity contribution in [3.05, 3.63) is 28.8 Å². The van der Waals surface area contributed by atoms with Crippen molar-refractivity contribution < 1.29 is 0 Å². The first-order valence-corrected chi connectivity index (χ1v) is 6.68. The van der Waals surface area contributed by atoms with Crippen LogP contribution in [0.25, 0.3) is 0 Å². The summed E-state index contributed by atoms with van der Waals surface area (Å²) in [5.74, 6) is 1.66. The van der Waals surface area contributed by atoms with Crippen molar-refractivity contribution in [1.29, 1.82) is 0 Å². The molecule has 2 N–H and O–H groups in total. The summed E-state index contributed by atoms with van der Waals surface area (Å²) >= 11 is 1.62. The van der Waals surface area contributed by atoms with Crippen LogP contribution in [0.2, 0.25) is 0 Å². The van der Waals surface area contributed by atoms with Crippen LogP contribution in [0.5, 0.6) is 0 Å². The van der Waals surface area contributed by atoms with Crippen LogP contribution < -0.4 is 5.73 Å². The number of nitrogens with two attached hydrogens (primary N) is 1. The third kappa shape index (κ3) is 2.33. The van der Waals surface area contributed by atoms with Crippen LogP contribution in [0.3, 0.4) is 0 Å². The number of nitrogens with zero attached hydrogens (tertiary/aromatic N) is 4. The molecule has 0 saturated heterocycles. The topological polar surface area (TPSA) is 69.6 Å². The van der Waals surface area contributed by atoms with Gasteiger partial charge in [0.2, 0.25) is 0 Å². The van der Waals surface area contributed by atoms with E-state index in [1.165, 1.54) is 0 Å². The molecule has 0 aliphatic carbocycles. The highest BCUT2D eigenvalue weighted by Gasteiger charge is 2.10. The average molecular weight is 263 g/mol. The summed E-state index contributed by atoms with van der Waals surface area (Å²) in [6.45, 7) is 5.91. The zero-order valence-corrected chi connectivity index (χ0v) is 11.9. The fourth-order valence-electron chi connectivity index (χ4n) is 1.58. The molecule has 0 saturated carbocycles. The number of hydrogen-bond acceptors (Lipinski definition) is 5. The second-order valence-electron chi connectivity index (χ2n) is 4.30. The number of pyridine rings is 1. The van der Waals surface area contributed by atoms with Crippen LogP contribution in [0.1, 0.15) is 22.6 Å². The van der Waals surface area contributed by atoms with Gasteiger partial charge in [-0.25, -0.2) is 0 Å². The molecule has 0 atom stereocenters. The highest BCUT2D eigenvalue weighted by molar-refractivity contribution is 7.98. The van der Waals surface area contributed by atoms with Gasteiger partial charge in [-0.3, -0.25) is 4.98 Å². The van der Waals surface area contributed by atoms with Gasteiger partial charge in [0.1, 0.15) is 5.82 Å². The smallest absolute Gasteiger partial charge is 0.191 e. The van der Waals surface area contributed by atoms with Gasteiger partial charge in [0.05, 0.1) is 5.69 Å². The lowest BCUT2D eigenvalue weighted by Crippen LogP contribution is -2.01. The lowest BCUT2D eigenvalue weighted by atomic mass is 10.1. The highest BCUT2D eigenvalue weighted by Crippen LogP contribution is 2.25. The number of aromatic nitrogens is 4. The maximum Gasteiger partial charge on any atom is 0.191 e. The Balaban J connectivity index is 2.16. The Hall–Kier alpha value is -1.56. The second kappa shape index (κ2) is 4.97. The average Bonchev–Trinajstić information content (AvgIpc) is 2.67. The summed E-state index contributed by atoms with van der Waals surface area (Å²) in [5, 5.41) is 9.04. The van der Waals surface area contributed by atoms with E-state index in [0.29, 0.717) is 0 Å². The summed E-state index contributed by atoms with van der Waals surface area (Å²) in [6.07, 6.45) is 1.82. The molecule has 0 radical (unpaired) electrons. The zero-order chi connectivity index (χ0) is 13.3. The van der Waals surface area contributed by atoms with E-state index in [9.17, 15) is 0 Å². The molecule has 6 heteroatoms. The number of anilines is 1. The third-order valence-corrected chi connectivity index (χ3v) is 4.10. The predicted octanol–water partition coefficient (Wildman–Crippen LogP) is 2.01. The van der Waals surface area contributed by atoms with Gasteiger partial charge >= 0.3 is 0 Å². The Bertz CT molecular complexity index is 576. The molecule has 0 spiro atoms. The monoisotopic (exact) mass is 263 g/mol. The number of aryl methyl sites for hydroxylation is 2. The molecule has 2 aromatic rings. The molecule has 5 nitrogen and oxygen atoms in total. The molecule has 0 fully saturated rings. The lowest BCUT2D eigenvalue weighted by molar-refractivity contribution is 0.765. The highest BCUT2D eigenvalue weighted by atomic mass is 32.2. The first-order chi connectivity index (χ1) is 8.50. The van der Waals surface area contributed by atoms with Gasteiger partial charge in [-0.05, 0) is 31.9 Å². The second-order valence-corrected chi connectivity index (χ2v) is 5.25. The molecule has 0 amide bonds. The van der Waals surface area contributed by atoms with Crippen LogP contribution in [0.4, 0.5) is 5.69 Å². The maximum atomic E-state index is 6.00. The Labute approximate surface area is 111 Å². The molecule has 2 rings (SSSR count). The SMILES string of the molecule is Cc1cnc(CSc2nnc(C)n2C)c(C)c1N. The van der Waals surface area contributed by atoms with Crippen LogP contribution in [-0.4, -0.2) is 19.7 Å². The molecular weight excluding hydrogens is 246 g/mol. The normalized spacial score (nSPS) is 10.9. The predicted molar refractivity (Wildman–Crippen MR) is 73.4 cm³/mol. The van der Waals surface area contributed by atoms with Crippen molar-refractivity contribution in [2.75, 3.05) is 5.73 Å². The molecular formula is C12H17N5S. The van der Waals surface area contributed by atoms with Crippen LogP contribution in [0, 0.1) is 20.8 Å². The standard InChI is InChI=1S/C12H17N5S/c1-7-5-14-10(8(2)11(7)13)6-18-12-16-15-9(3)17(12)4/h5H,6H2,1-4H3,(H2,13,14). The molecule has 2 aromatic heterocycles. The fraction of sp³-hybridized carbons (Fsp3) is 0.417. The largest absolute Gasteiger partial charge is 0.398 e. The van der Waals surface area contributed by atoms with Gasteiger partial charge in [0.15, 0.2) is 5.16 Å². The van der Waals surface area contributed by atoms with E-state index >= 15 is 0 Å². The minimum Gasteiger partial charge on any atom is -0.398 e. The van der Waals surface area contributed by atoms with Gasteiger partial charge in [-0.15, -0.1) is 10.2 Å². The zero-order valence-electron chi connectivity index (χ0n) is 11.1. The first-order valence-electron chi connectivity index (χ1n) is 5.70. The maximum absolute atomic E-state index is 6.00. The van der Waals surface area contributed by atoms with Gasteiger partial charge in [0, 0.05) is 24.7 Å². The Kier molecular flexibility index (Phi) is 3.56. The summed E-state index contributed by atoms with van der Waals surface area (Å²) in [4.78, 5) is 4.43. The molecule has 0 aliphatic heterocycles. The van der Waals surface area contributed by atoms with Gasteiger partial charge in [-0.1, -0.05) is 11.8 Å². The van der Waals surface area contributed by atoms with E-state index in [4.69, 9.17) is 5.73 Å². The Morgan fingerprint density at radius 3 is 2.61 bits per heavy atom. The number of hydrogen-bond donors (Lipinski definition) is 1. The van der Waals surface area contributed by atoms with Crippen LogP contribution >= 0.6 is 11.8 Å². The van der Waals surface area contributed by atoms with Crippen LogP contribution in [-0.2, 0) is 12.8 Å². The van der Waals surface area contributed by atoms with E-state index in [1.807, 2.05) is 38.6 Å². The fourth-order valence-corrected chi connectivity index (χ4v) is 2.57. The van der Waals surface area contributed by atoms with Crippen molar-refractivity contribution >= 4 is 17.4 Å². The van der Waals surface area contributed by atoms with E-state index < -0.39 is 0 Å². The van der Waals surface area contributed by atoms with E-state index in [1.54, 1.807) is 11.8 Å². The number of nitrogen functional groups attached to an aromatic ring is 1. The summed E-state index contributed by atoms with van der Waals surface area (Å²) in [6, 6.07) is 0. The number of rotatable bonds is 3. The summed E-state index contributed by atoms with van der Waals surface area (Å²) in [7, 11) is 1.96. The van der Waals surface area contributed by atoms with Gasteiger partial charge in [-0.2, -0.15) is 0 Å². The minimum atomic E-state index is 0.752. The van der Waals surface area contributed by atoms with Crippen molar-refractivity contribution in [3.8, 4) is 0 Å². The molecule has 2 heterocycles.